The third kappa shape index (κ3) is 2.40. The van der Waals surface area contributed by atoms with Crippen LogP contribution in [0.2, 0.25) is 0 Å². The Morgan fingerprint density at radius 1 is 1.19 bits per heavy atom. The lowest BCUT2D eigenvalue weighted by Gasteiger charge is -2.13. The van der Waals surface area contributed by atoms with Crippen molar-refractivity contribution in [2.75, 3.05) is 0 Å². The second kappa shape index (κ2) is 4.91. The van der Waals surface area contributed by atoms with Gasteiger partial charge in [-0.3, -0.25) is 0 Å². The van der Waals surface area contributed by atoms with Crippen molar-refractivity contribution in [2.24, 2.45) is 5.92 Å². The highest BCUT2D eigenvalue weighted by molar-refractivity contribution is 9.09. The van der Waals surface area contributed by atoms with Gasteiger partial charge in [0, 0.05) is 16.6 Å². The average Bonchev–Trinajstić information content (AvgIpc) is 2.29. The van der Waals surface area contributed by atoms with Gasteiger partial charge in [-0.05, 0) is 12.0 Å². The predicted octanol–water partition coefficient (Wildman–Crippen LogP) is 3.59. The molecule has 0 amide bonds. The van der Waals surface area contributed by atoms with Crippen molar-refractivity contribution >= 4 is 26.8 Å². The largest absolute Gasteiger partial charge is 0.241 e. The molecule has 0 saturated carbocycles. The van der Waals surface area contributed by atoms with Crippen LogP contribution in [-0.4, -0.2) is 14.8 Å². The van der Waals surface area contributed by atoms with E-state index in [1.165, 1.54) is 0 Å². The molecule has 1 heterocycles. The Morgan fingerprint density at radius 3 is 2.69 bits per heavy atom. The van der Waals surface area contributed by atoms with Crippen LogP contribution in [0.3, 0.4) is 0 Å². The summed E-state index contributed by atoms with van der Waals surface area (Å²) in [5, 5.41) is 1.16. The molecule has 0 fully saturated rings. The molecule has 0 aliphatic carbocycles. The highest BCUT2D eigenvalue weighted by atomic mass is 79.9. The molecule has 0 saturated heterocycles. The smallest absolute Gasteiger partial charge is 0.116 e. The van der Waals surface area contributed by atoms with Crippen LogP contribution in [0, 0.1) is 5.92 Å². The quantitative estimate of drug-likeness (QED) is 0.802. The van der Waals surface area contributed by atoms with E-state index in [0.717, 1.165) is 23.0 Å². The monoisotopic (exact) mass is 278 g/mol. The number of benzene rings is 1. The van der Waals surface area contributed by atoms with Crippen molar-refractivity contribution in [2.45, 2.75) is 25.1 Å². The summed E-state index contributed by atoms with van der Waals surface area (Å²) in [4.78, 5) is 9.12. The van der Waals surface area contributed by atoms with E-state index < -0.39 is 0 Å². The molecule has 0 spiro atoms. The molecule has 1 unspecified atom stereocenters. The van der Waals surface area contributed by atoms with E-state index in [2.05, 4.69) is 45.8 Å². The fourth-order valence-corrected chi connectivity index (χ4v) is 1.95. The van der Waals surface area contributed by atoms with Crippen LogP contribution in [0.5, 0.6) is 0 Å². The lowest BCUT2D eigenvalue weighted by Crippen LogP contribution is -2.12. The molecule has 0 aliphatic heterocycles. The zero-order chi connectivity index (χ0) is 11.5. The normalized spacial score (nSPS) is 13.2. The number of halogens is 1. The highest BCUT2D eigenvalue weighted by Crippen LogP contribution is 2.21. The first kappa shape index (κ1) is 11.5. The Bertz CT molecular complexity index is 477. The Kier molecular flexibility index (Phi) is 3.54. The Hall–Kier alpha value is -0.960. The molecule has 2 aromatic rings. The number of aromatic nitrogens is 2. The number of alkyl halides is 1. The van der Waals surface area contributed by atoms with Gasteiger partial charge in [0.2, 0.25) is 0 Å². The van der Waals surface area contributed by atoms with E-state index in [9.17, 15) is 0 Å². The molecule has 1 aromatic carbocycles. The first-order chi connectivity index (χ1) is 7.68. The molecular weight excluding hydrogens is 264 g/mol. The van der Waals surface area contributed by atoms with Crippen LogP contribution in [0.1, 0.15) is 19.5 Å². The van der Waals surface area contributed by atoms with E-state index in [0.29, 0.717) is 10.7 Å². The second-order valence-corrected chi connectivity index (χ2v) is 5.48. The van der Waals surface area contributed by atoms with E-state index in [1.54, 1.807) is 6.33 Å². The van der Waals surface area contributed by atoms with Crippen molar-refractivity contribution in [1.82, 2.24) is 9.97 Å². The first-order valence-corrected chi connectivity index (χ1v) is 6.42. The zero-order valence-electron chi connectivity index (χ0n) is 9.52. The summed E-state index contributed by atoms with van der Waals surface area (Å²) in [5.41, 5.74) is 2.15. The molecule has 16 heavy (non-hydrogen) atoms. The maximum Gasteiger partial charge on any atom is 0.116 e. The van der Waals surface area contributed by atoms with Crippen LogP contribution >= 0.6 is 15.9 Å². The molecule has 0 radical (unpaired) electrons. The number of hydrogen-bond donors (Lipinski definition) is 0. The summed E-state index contributed by atoms with van der Waals surface area (Å²) in [6.45, 7) is 4.42. The lowest BCUT2D eigenvalue weighted by atomic mass is 10.0. The van der Waals surface area contributed by atoms with E-state index >= 15 is 0 Å². The fourth-order valence-electron chi connectivity index (χ4n) is 1.64. The highest BCUT2D eigenvalue weighted by Gasteiger charge is 2.12. The van der Waals surface area contributed by atoms with Crippen molar-refractivity contribution in [1.29, 1.82) is 0 Å². The number of rotatable bonds is 3. The van der Waals surface area contributed by atoms with Crippen molar-refractivity contribution in [3.8, 4) is 0 Å². The second-order valence-electron chi connectivity index (χ2n) is 4.30. The summed E-state index contributed by atoms with van der Waals surface area (Å²) < 4.78 is 0. The van der Waals surface area contributed by atoms with Crippen LogP contribution in [0.25, 0.3) is 10.9 Å². The Balaban J connectivity index is 2.37. The molecule has 1 aromatic heterocycles. The van der Waals surface area contributed by atoms with Gasteiger partial charge in [-0.25, -0.2) is 9.97 Å². The van der Waals surface area contributed by atoms with Gasteiger partial charge in [0.15, 0.2) is 0 Å². The fraction of sp³-hybridized carbons (Fsp3) is 0.385. The molecule has 84 valence electrons. The maximum absolute atomic E-state index is 4.39. The molecule has 2 nitrogen and oxygen atoms in total. The van der Waals surface area contributed by atoms with Crippen LogP contribution in [0.15, 0.2) is 30.6 Å². The van der Waals surface area contributed by atoms with Gasteiger partial charge in [0.1, 0.15) is 6.33 Å². The lowest BCUT2D eigenvalue weighted by molar-refractivity contribution is 0.609. The first-order valence-electron chi connectivity index (χ1n) is 5.51. The molecule has 1 atom stereocenters. The summed E-state index contributed by atoms with van der Waals surface area (Å²) in [6.07, 6.45) is 2.60. The van der Waals surface area contributed by atoms with Gasteiger partial charge in [0.25, 0.3) is 0 Å². The maximum atomic E-state index is 4.39. The van der Waals surface area contributed by atoms with E-state index in [4.69, 9.17) is 0 Å². The number of fused-ring (bicyclic) bond motifs is 1. The minimum Gasteiger partial charge on any atom is -0.241 e. The molecule has 2 rings (SSSR count). The number of para-hydroxylation sites is 1. The van der Waals surface area contributed by atoms with Crippen LogP contribution in [0.4, 0.5) is 0 Å². The summed E-state index contributed by atoms with van der Waals surface area (Å²) in [6, 6.07) is 8.16. The Labute approximate surface area is 104 Å². The van der Waals surface area contributed by atoms with Crippen LogP contribution < -0.4 is 0 Å². The Morgan fingerprint density at radius 2 is 1.94 bits per heavy atom. The minimum absolute atomic E-state index is 0.464. The van der Waals surface area contributed by atoms with Crippen LogP contribution in [-0.2, 0) is 6.42 Å². The number of nitrogens with zero attached hydrogens (tertiary/aromatic N) is 2. The molecule has 0 aliphatic rings. The van der Waals surface area contributed by atoms with E-state index in [1.807, 2.05) is 18.2 Å². The molecule has 3 heteroatoms. The minimum atomic E-state index is 0.464. The standard InChI is InChI=1S/C13H15BrN2/c1-9(2)11(14)7-13-10-5-3-4-6-12(10)15-8-16-13/h3-6,8-9,11H,7H2,1-2H3. The van der Waals surface area contributed by atoms with Crippen molar-refractivity contribution < 1.29 is 0 Å². The zero-order valence-corrected chi connectivity index (χ0v) is 11.1. The van der Waals surface area contributed by atoms with Gasteiger partial charge in [-0.1, -0.05) is 48.0 Å². The van der Waals surface area contributed by atoms with Gasteiger partial charge in [0.05, 0.1) is 11.2 Å². The predicted molar refractivity (Wildman–Crippen MR) is 70.8 cm³/mol. The van der Waals surface area contributed by atoms with Gasteiger partial charge in [-0.2, -0.15) is 0 Å². The molecule has 0 bridgehead atoms. The summed E-state index contributed by atoms with van der Waals surface area (Å²) in [5.74, 6) is 0.605. The average molecular weight is 279 g/mol. The summed E-state index contributed by atoms with van der Waals surface area (Å²) >= 11 is 3.70. The number of hydrogen-bond acceptors (Lipinski definition) is 2. The third-order valence-corrected chi connectivity index (χ3v) is 4.12. The molecule has 0 N–H and O–H groups in total. The van der Waals surface area contributed by atoms with Gasteiger partial charge in [-0.15, -0.1) is 0 Å². The van der Waals surface area contributed by atoms with Gasteiger partial charge >= 0.3 is 0 Å². The van der Waals surface area contributed by atoms with E-state index in [-0.39, 0.29) is 0 Å². The van der Waals surface area contributed by atoms with Gasteiger partial charge < -0.3 is 0 Å². The molecular formula is C13H15BrN2. The SMILES string of the molecule is CC(C)C(Br)Cc1ncnc2ccccc12. The summed E-state index contributed by atoms with van der Waals surface area (Å²) in [7, 11) is 0. The topological polar surface area (TPSA) is 25.8 Å². The third-order valence-electron chi connectivity index (χ3n) is 2.74. The van der Waals surface area contributed by atoms with Crippen molar-refractivity contribution in [3.63, 3.8) is 0 Å². The van der Waals surface area contributed by atoms with Crippen molar-refractivity contribution in [3.05, 3.63) is 36.3 Å².